The molecular formula is C9H11F2N3O4. The van der Waals surface area contributed by atoms with Crippen LogP contribution in [0.4, 0.5) is 14.6 Å². The first-order valence-corrected chi connectivity index (χ1v) is 4.93. The SMILES string of the molecule is [2H]OC[C@H]1O[C@H](n2ccc(N([2H])[2H])nc2=O)C(F)(F)[C@@H]1O[2H]. The molecule has 0 amide bonds. The van der Waals surface area contributed by atoms with E-state index in [-0.39, 0.29) is 11.5 Å². The first-order chi connectivity index (χ1) is 10.3. The van der Waals surface area contributed by atoms with E-state index < -0.39 is 36.7 Å². The Hall–Kier alpha value is -1.58. The van der Waals surface area contributed by atoms with Gasteiger partial charge in [-0.15, -0.1) is 0 Å². The number of anilines is 1. The quantitative estimate of drug-likeness (QED) is 0.612. The zero-order valence-electron chi connectivity index (χ0n) is 12.8. The fourth-order valence-corrected chi connectivity index (χ4v) is 1.68. The highest BCUT2D eigenvalue weighted by atomic mass is 19.3. The normalized spacial score (nSPS) is 33.3. The summed E-state index contributed by atoms with van der Waals surface area (Å²) in [5.41, 5.74) is -1.12. The molecule has 100 valence electrons. The van der Waals surface area contributed by atoms with Crippen LogP contribution in [0.3, 0.4) is 0 Å². The molecule has 0 radical (unpaired) electrons. The van der Waals surface area contributed by atoms with Crippen LogP contribution in [0.1, 0.15) is 6.23 Å². The van der Waals surface area contributed by atoms with Crippen molar-refractivity contribution in [1.29, 1.82) is 2.86 Å². The Bertz CT molecular complexity index is 590. The molecule has 4 N–H and O–H groups in total. The number of aliphatic hydroxyl groups excluding tert-OH is 2. The van der Waals surface area contributed by atoms with Crippen LogP contribution in [-0.4, -0.2) is 47.4 Å². The minimum Gasteiger partial charge on any atom is -0.394 e. The predicted molar refractivity (Wildman–Crippen MR) is 54.9 cm³/mol. The molecule has 0 spiro atoms. The summed E-state index contributed by atoms with van der Waals surface area (Å²) in [7, 11) is 0. The van der Waals surface area contributed by atoms with Crippen molar-refractivity contribution in [3.8, 4) is 0 Å². The lowest BCUT2D eigenvalue weighted by atomic mass is 10.1. The standard InChI is InChI=1S/C9H11F2N3O4/c10-9(11)6(16)4(3-15)18-7(9)14-2-1-5(12)13-8(14)17/h1-2,4,6-7,15-16H,3H2,(H2,12,13,17)/t4-,6-,7+/m1/s1/i15D,16D/hD2. The van der Waals surface area contributed by atoms with Gasteiger partial charge in [0.15, 0.2) is 8.93 Å². The lowest BCUT2D eigenvalue weighted by molar-refractivity contribution is -0.140. The van der Waals surface area contributed by atoms with Crippen molar-refractivity contribution in [2.24, 2.45) is 0 Å². The van der Waals surface area contributed by atoms with Crippen LogP contribution in [0.5, 0.6) is 0 Å². The van der Waals surface area contributed by atoms with Gasteiger partial charge in [0.25, 0.3) is 0 Å². The smallest absolute Gasteiger partial charge is 0.351 e. The van der Waals surface area contributed by atoms with E-state index in [1.807, 2.05) is 0 Å². The summed E-state index contributed by atoms with van der Waals surface area (Å²) in [4.78, 5) is 15.1. The van der Waals surface area contributed by atoms with Crippen LogP contribution in [0.25, 0.3) is 0 Å². The first-order valence-electron chi connectivity index (χ1n) is 6.64. The van der Waals surface area contributed by atoms with E-state index in [0.29, 0.717) is 4.57 Å². The van der Waals surface area contributed by atoms with E-state index in [0.717, 1.165) is 12.3 Å². The lowest BCUT2D eigenvalue weighted by Crippen LogP contribution is -2.41. The molecule has 1 aliphatic heterocycles. The fourth-order valence-electron chi connectivity index (χ4n) is 1.68. The number of hydrogen-bond donors (Lipinski definition) is 3. The molecule has 1 aromatic rings. The Balaban J connectivity index is 2.38. The first kappa shape index (κ1) is 8.51. The van der Waals surface area contributed by atoms with E-state index in [1.54, 1.807) is 0 Å². The Kier molecular flexibility index (Phi) is 2.02. The van der Waals surface area contributed by atoms with Gasteiger partial charge in [0, 0.05) is 6.20 Å². The molecule has 1 aromatic heterocycles. The number of aromatic nitrogens is 2. The van der Waals surface area contributed by atoms with Gasteiger partial charge in [-0.3, -0.25) is 4.57 Å². The van der Waals surface area contributed by atoms with Gasteiger partial charge in [-0.25, -0.2) is 4.79 Å². The summed E-state index contributed by atoms with van der Waals surface area (Å²) in [6.45, 7) is -0.580. The second kappa shape index (κ2) is 4.26. The molecule has 2 heterocycles. The lowest BCUT2D eigenvalue weighted by Gasteiger charge is -2.20. The predicted octanol–water partition coefficient (Wildman–Crippen LogP) is -1.29. The maximum atomic E-state index is 14.2. The van der Waals surface area contributed by atoms with E-state index >= 15 is 0 Å². The Labute approximate surface area is 105 Å². The summed E-state index contributed by atoms with van der Waals surface area (Å²) in [6, 6.07) is 1.01. The van der Waals surface area contributed by atoms with E-state index in [2.05, 4.69) is 15.2 Å². The zero-order chi connectivity index (χ0) is 16.5. The monoisotopic (exact) mass is 267 g/mol. The van der Waals surface area contributed by atoms with Crippen molar-refractivity contribution in [1.82, 2.24) is 9.55 Å². The highest BCUT2D eigenvalue weighted by Crippen LogP contribution is 2.41. The molecule has 3 atom stereocenters. The number of aliphatic hydroxyl groups is 2. The third kappa shape index (κ3) is 1.85. The maximum Gasteiger partial charge on any atom is 0.351 e. The molecule has 1 aliphatic rings. The molecule has 0 aromatic carbocycles. The summed E-state index contributed by atoms with van der Waals surface area (Å²) in [6.07, 6.45) is -4.67. The third-order valence-electron chi connectivity index (χ3n) is 2.58. The van der Waals surface area contributed by atoms with E-state index in [9.17, 15) is 13.6 Å². The molecule has 0 bridgehead atoms. The van der Waals surface area contributed by atoms with Gasteiger partial charge >= 0.3 is 11.6 Å². The largest absolute Gasteiger partial charge is 0.394 e. The van der Waals surface area contributed by atoms with Gasteiger partial charge in [-0.1, -0.05) is 0 Å². The van der Waals surface area contributed by atoms with Gasteiger partial charge in [-0.2, -0.15) is 13.8 Å². The fraction of sp³-hybridized carbons (Fsp3) is 0.556. The summed E-state index contributed by atoms with van der Waals surface area (Å²) < 4.78 is 61.1. The second-order valence-corrected chi connectivity index (χ2v) is 3.76. The van der Waals surface area contributed by atoms with Crippen LogP contribution in [0, 0.1) is 0 Å². The number of halogens is 2. The number of rotatable bonds is 5. The molecule has 0 aliphatic carbocycles. The number of ether oxygens (including phenoxy) is 1. The van der Waals surface area contributed by atoms with Gasteiger partial charge < -0.3 is 20.7 Å². The van der Waals surface area contributed by atoms with Gasteiger partial charge in [0.2, 0.25) is 9.09 Å². The zero-order valence-corrected chi connectivity index (χ0v) is 8.82. The highest BCUT2D eigenvalue weighted by molar-refractivity contribution is 5.23. The van der Waals surface area contributed by atoms with Crippen LogP contribution in [0.2, 0.25) is 2.82 Å². The summed E-state index contributed by atoms with van der Waals surface area (Å²) >= 11 is 0. The number of hydrogen-bond acceptors (Lipinski definition) is 6. The number of nitrogens with zero attached hydrogens (tertiary/aromatic N) is 2. The van der Waals surface area contributed by atoms with Crippen molar-refractivity contribution >= 4 is 5.82 Å². The summed E-state index contributed by atoms with van der Waals surface area (Å²) in [5.74, 6) is -4.11. The molecule has 7 nitrogen and oxygen atoms in total. The average Bonchev–Trinajstić information content (AvgIpc) is 2.69. The van der Waals surface area contributed by atoms with Crippen LogP contribution in [0.15, 0.2) is 17.1 Å². The number of nitrogen functional groups attached to an aromatic ring is 1. The number of alkyl halides is 2. The van der Waals surface area contributed by atoms with Gasteiger partial charge in [0.05, 0.1) is 6.61 Å². The topological polar surface area (TPSA) is 111 Å². The van der Waals surface area contributed by atoms with Crippen molar-refractivity contribution < 1.29 is 26.6 Å². The van der Waals surface area contributed by atoms with Crippen molar-refractivity contribution in [3.05, 3.63) is 22.7 Å². The minimum atomic E-state index is -3.75. The van der Waals surface area contributed by atoms with Gasteiger partial charge in [-0.05, 0) is 6.07 Å². The molecule has 2 rings (SSSR count). The van der Waals surface area contributed by atoms with Crippen molar-refractivity contribution in [2.45, 2.75) is 24.4 Å². The molecule has 18 heavy (non-hydrogen) atoms. The molecule has 1 saturated heterocycles. The van der Waals surface area contributed by atoms with Crippen LogP contribution in [-0.2, 0) is 4.74 Å². The highest BCUT2D eigenvalue weighted by Gasteiger charge is 2.59. The molecule has 0 saturated carbocycles. The van der Waals surface area contributed by atoms with Crippen LogP contribution >= 0.6 is 0 Å². The van der Waals surface area contributed by atoms with E-state index in [1.165, 1.54) is 0 Å². The molecule has 0 unspecified atom stereocenters. The Morgan fingerprint density at radius 2 is 2.61 bits per heavy atom. The Morgan fingerprint density at radius 3 is 3.22 bits per heavy atom. The molecular weight excluding hydrogens is 252 g/mol. The van der Waals surface area contributed by atoms with Crippen molar-refractivity contribution in [2.75, 3.05) is 12.3 Å². The Morgan fingerprint density at radius 1 is 1.78 bits per heavy atom. The third-order valence-corrected chi connectivity index (χ3v) is 2.58. The summed E-state index contributed by atoms with van der Waals surface area (Å²) in [5, 5.41) is 7.94. The van der Waals surface area contributed by atoms with Gasteiger partial charge in [0.1, 0.15) is 11.9 Å². The number of nitrogens with two attached hydrogens (primary N) is 1. The second-order valence-electron chi connectivity index (χ2n) is 3.76. The van der Waals surface area contributed by atoms with Crippen molar-refractivity contribution in [3.63, 3.8) is 0 Å². The van der Waals surface area contributed by atoms with E-state index in [4.69, 9.17) is 10.4 Å². The molecule has 9 heteroatoms. The average molecular weight is 267 g/mol. The van der Waals surface area contributed by atoms with Crippen LogP contribution < -0.4 is 11.4 Å². The minimum absolute atomic E-state index is 0.0475. The molecule has 1 fully saturated rings. The maximum absolute atomic E-state index is 14.2.